The second-order valence-corrected chi connectivity index (χ2v) is 4.25. The highest BCUT2D eigenvalue weighted by Crippen LogP contribution is 2.09. The van der Waals surface area contributed by atoms with Gasteiger partial charge in [0, 0.05) is 6.54 Å². The summed E-state index contributed by atoms with van der Waals surface area (Å²) < 4.78 is 9.61. The van der Waals surface area contributed by atoms with Crippen molar-refractivity contribution in [3.05, 3.63) is 0 Å². The number of nitrogens with one attached hydrogen (secondary N) is 1. The zero-order valence-corrected chi connectivity index (χ0v) is 11.3. The molecule has 0 bridgehead atoms. The van der Waals surface area contributed by atoms with E-state index in [1.807, 2.05) is 0 Å². The molecule has 0 spiro atoms. The third-order valence-corrected chi connectivity index (χ3v) is 2.84. The van der Waals surface area contributed by atoms with E-state index in [1.54, 1.807) is 0 Å². The molecular weight excluding hydrogens is 288 g/mol. The molecule has 0 radical (unpaired) electrons. The van der Waals surface area contributed by atoms with Gasteiger partial charge in [0.05, 0.1) is 26.7 Å². The van der Waals surface area contributed by atoms with E-state index < -0.39 is 42.4 Å². The molecule has 1 fully saturated rings. The van der Waals surface area contributed by atoms with Crippen LogP contribution in [0, 0.1) is 0 Å². The number of methoxy groups -OCH3 is 1. The van der Waals surface area contributed by atoms with Gasteiger partial charge in [-0.15, -0.1) is 0 Å². The van der Waals surface area contributed by atoms with Gasteiger partial charge in [0.25, 0.3) is 0 Å². The van der Waals surface area contributed by atoms with Gasteiger partial charge in [0.15, 0.2) is 6.04 Å². The number of hydrogen-bond acceptors (Lipinski definition) is 6. The summed E-state index contributed by atoms with van der Waals surface area (Å²) in [6.45, 7) is 0.166. The Balaban J connectivity index is 2.76. The van der Waals surface area contributed by atoms with Gasteiger partial charge in [-0.3, -0.25) is 4.79 Å². The maximum Gasteiger partial charge on any atom is 0.331 e. The number of carboxylic acid groups (broad SMARTS) is 2. The molecule has 0 aliphatic carbocycles. The van der Waals surface area contributed by atoms with Gasteiger partial charge >= 0.3 is 23.9 Å². The summed E-state index contributed by atoms with van der Waals surface area (Å²) in [7, 11) is 1.15. The zero-order valence-electron chi connectivity index (χ0n) is 11.3. The topological polar surface area (TPSA) is 142 Å². The van der Waals surface area contributed by atoms with Crippen molar-refractivity contribution in [2.24, 2.45) is 0 Å². The number of aliphatic carboxylic acids is 2. The summed E-state index contributed by atoms with van der Waals surface area (Å²) in [4.78, 5) is 46.1. The van der Waals surface area contributed by atoms with E-state index in [9.17, 15) is 19.2 Å². The summed E-state index contributed by atoms with van der Waals surface area (Å²) >= 11 is 0. The van der Waals surface area contributed by atoms with Gasteiger partial charge in [0.1, 0.15) is 6.04 Å². The molecule has 10 nitrogen and oxygen atoms in total. The van der Waals surface area contributed by atoms with Gasteiger partial charge in [-0.25, -0.2) is 14.4 Å². The number of urea groups is 1. The van der Waals surface area contributed by atoms with Crippen LogP contribution in [0.3, 0.4) is 0 Å². The fraction of sp³-hybridized carbons (Fsp3) is 0.636. The molecule has 1 heterocycles. The van der Waals surface area contributed by atoms with E-state index in [0.717, 1.165) is 12.0 Å². The van der Waals surface area contributed by atoms with Crippen molar-refractivity contribution < 1.29 is 38.9 Å². The molecule has 0 aromatic carbocycles. The van der Waals surface area contributed by atoms with Crippen LogP contribution in [0.4, 0.5) is 4.79 Å². The molecule has 0 aromatic heterocycles. The van der Waals surface area contributed by atoms with Crippen molar-refractivity contribution in [2.75, 3.05) is 26.9 Å². The Kier molecular flexibility index (Phi) is 5.91. The minimum atomic E-state index is -1.59. The first-order chi connectivity index (χ1) is 9.86. The number of morpholine rings is 1. The Bertz CT molecular complexity index is 438. The number of ether oxygens (including phenoxy) is 2. The summed E-state index contributed by atoms with van der Waals surface area (Å²) in [5, 5.41) is 19.6. The molecule has 1 aliphatic rings. The van der Waals surface area contributed by atoms with Crippen molar-refractivity contribution >= 4 is 23.9 Å². The van der Waals surface area contributed by atoms with E-state index in [1.165, 1.54) is 0 Å². The zero-order chi connectivity index (χ0) is 16.0. The van der Waals surface area contributed by atoms with Gasteiger partial charge in [-0.05, 0) is 0 Å². The lowest BCUT2D eigenvalue weighted by Crippen LogP contribution is -2.58. The van der Waals surface area contributed by atoms with Gasteiger partial charge in [-0.2, -0.15) is 0 Å². The second-order valence-electron chi connectivity index (χ2n) is 4.25. The van der Waals surface area contributed by atoms with Crippen LogP contribution in [0.15, 0.2) is 0 Å². The Morgan fingerprint density at radius 2 is 2.05 bits per heavy atom. The summed E-state index contributed by atoms with van der Waals surface area (Å²) in [6.07, 6.45) is -0.770. The minimum Gasteiger partial charge on any atom is -0.481 e. The smallest absolute Gasteiger partial charge is 0.331 e. The Morgan fingerprint density at radius 3 is 2.57 bits per heavy atom. The van der Waals surface area contributed by atoms with Crippen molar-refractivity contribution in [3.8, 4) is 0 Å². The molecule has 0 aromatic rings. The molecule has 1 aliphatic heterocycles. The van der Waals surface area contributed by atoms with Crippen LogP contribution in [0.5, 0.6) is 0 Å². The molecule has 2 amide bonds. The van der Waals surface area contributed by atoms with Gasteiger partial charge < -0.3 is 29.9 Å². The van der Waals surface area contributed by atoms with Crippen LogP contribution in [0.25, 0.3) is 0 Å². The van der Waals surface area contributed by atoms with E-state index >= 15 is 0 Å². The quantitative estimate of drug-likeness (QED) is 0.521. The highest BCUT2D eigenvalue weighted by Gasteiger charge is 2.35. The lowest BCUT2D eigenvalue weighted by molar-refractivity contribution is -0.151. The molecule has 1 unspecified atom stereocenters. The predicted octanol–water partition coefficient (Wildman–Crippen LogP) is -1.50. The van der Waals surface area contributed by atoms with Crippen LogP contribution >= 0.6 is 0 Å². The first-order valence-electron chi connectivity index (χ1n) is 6.04. The second kappa shape index (κ2) is 7.43. The van der Waals surface area contributed by atoms with Gasteiger partial charge in [-0.1, -0.05) is 0 Å². The van der Waals surface area contributed by atoms with Crippen molar-refractivity contribution in [1.82, 2.24) is 10.2 Å². The maximum atomic E-state index is 12.0. The van der Waals surface area contributed by atoms with Crippen LogP contribution in [-0.2, 0) is 23.9 Å². The standard InChI is InChI=1S/C11H16N2O8/c1-20-10(18)7-5-21-3-2-13(7)11(19)12-6(9(16)17)4-8(14)15/h6-7H,2-5H2,1H3,(H,12,19)(H,14,15)(H,16,17)/t6-,7?/m0/s1. The van der Waals surface area contributed by atoms with E-state index in [0.29, 0.717) is 0 Å². The minimum absolute atomic E-state index is 0.0605. The third kappa shape index (κ3) is 4.60. The highest BCUT2D eigenvalue weighted by atomic mass is 16.5. The number of esters is 1. The Hall–Kier alpha value is -2.36. The summed E-state index contributed by atoms with van der Waals surface area (Å²) in [5.41, 5.74) is 0. The summed E-state index contributed by atoms with van der Waals surface area (Å²) in [5.74, 6) is -3.54. The average molecular weight is 304 g/mol. The number of amides is 2. The molecule has 2 atom stereocenters. The fourth-order valence-corrected chi connectivity index (χ4v) is 1.78. The van der Waals surface area contributed by atoms with Crippen LogP contribution in [0.2, 0.25) is 0 Å². The molecule has 10 heteroatoms. The number of carbonyl (C=O) groups excluding carboxylic acids is 2. The molecule has 118 valence electrons. The normalized spacial score (nSPS) is 19.5. The number of carboxylic acids is 2. The summed E-state index contributed by atoms with van der Waals surface area (Å²) in [6, 6.07) is -3.44. The molecule has 1 rings (SSSR count). The van der Waals surface area contributed by atoms with Gasteiger partial charge in [0.2, 0.25) is 0 Å². The first-order valence-corrected chi connectivity index (χ1v) is 6.04. The van der Waals surface area contributed by atoms with Crippen LogP contribution in [0.1, 0.15) is 6.42 Å². The maximum absolute atomic E-state index is 12.0. The number of nitrogens with zero attached hydrogens (tertiary/aromatic N) is 1. The van der Waals surface area contributed by atoms with Crippen molar-refractivity contribution in [3.63, 3.8) is 0 Å². The molecule has 0 saturated carbocycles. The molecule has 3 N–H and O–H groups in total. The highest BCUT2D eigenvalue weighted by molar-refractivity contribution is 5.88. The Labute approximate surface area is 119 Å². The Morgan fingerprint density at radius 1 is 1.38 bits per heavy atom. The lowest BCUT2D eigenvalue weighted by atomic mass is 10.2. The number of rotatable bonds is 5. The van der Waals surface area contributed by atoms with E-state index in [4.69, 9.17) is 14.9 Å². The lowest BCUT2D eigenvalue weighted by Gasteiger charge is -2.34. The number of carbonyl (C=O) groups is 4. The fourth-order valence-electron chi connectivity index (χ4n) is 1.78. The molecular formula is C11H16N2O8. The largest absolute Gasteiger partial charge is 0.481 e. The average Bonchev–Trinajstić information content (AvgIpc) is 2.45. The SMILES string of the molecule is COC(=O)C1COCCN1C(=O)N[C@@H](CC(=O)O)C(=O)O. The predicted molar refractivity (Wildman–Crippen MR) is 65.5 cm³/mol. The monoisotopic (exact) mass is 304 g/mol. The third-order valence-electron chi connectivity index (χ3n) is 2.84. The van der Waals surface area contributed by atoms with Crippen LogP contribution in [-0.4, -0.2) is 78.0 Å². The molecule has 1 saturated heterocycles. The first kappa shape index (κ1) is 16.7. The number of hydrogen-bond donors (Lipinski definition) is 3. The van der Waals surface area contributed by atoms with E-state index in [-0.39, 0.29) is 19.8 Å². The van der Waals surface area contributed by atoms with Crippen LogP contribution < -0.4 is 5.32 Å². The molecule has 21 heavy (non-hydrogen) atoms. The van der Waals surface area contributed by atoms with E-state index in [2.05, 4.69) is 10.1 Å². The van der Waals surface area contributed by atoms with Crippen molar-refractivity contribution in [2.45, 2.75) is 18.5 Å². The van der Waals surface area contributed by atoms with Crippen molar-refractivity contribution in [1.29, 1.82) is 0 Å².